The molecule has 2 atom stereocenters. The summed E-state index contributed by atoms with van der Waals surface area (Å²) in [5.41, 5.74) is 5.42. The third-order valence-electron chi connectivity index (χ3n) is 3.05. The van der Waals surface area contributed by atoms with Crippen molar-refractivity contribution in [2.45, 2.75) is 51.5 Å². The maximum absolute atomic E-state index is 11.5. The van der Waals surface area contributed by atoms with Crippen LogP contribution in [0.4, 0.5) is 0 Å². The van der Waals surface area contributed by atoms with Crippen molar-refractivity contribution >= 4 is 17.8 Å². The van der Waals surface area contributed by atoms with Gasteiger partial charge in [-0.25, -0.2) is 0 Å². The van der Waals surface area contributed by atoms with Gasteiger partial charge in [-0.1, -0.05) is 19.8 Å². The lowest BCUT2D eigenvalue weighted by Crippen LogP contribution is -2.42. The standard InChI is InChI=1S/C13H24N2O5/c1-2-3-9(4-5-11(16)17)6-7-15-13(20)10(14)8-12(18)19/h9-10H,2-8,14H2,1H3,(H,15,20)(H,16,17)(H,18,19). The Bertz CT molecular complexity index is 333. The third kappa shape index (κ3) is 9.32. The molecule has 0 fully saturated rings. The second-order valence-electron chi connectivity index (χ2n) is 4.87. The summed E-state index contributed by atoms with van der Waals surface area (Å²) in [7, 11) is 0. The van der Waals surface area contributed by atoms with E-state index in [0.717, 1.165) is 12.8 Å². The minimum absolute atomic E-state index is 0.122. The number of nitrogens with two attached hydrogens (primary N) is 1. The number of hydrogen-bond donors (Lipinski definition) is 4. The number of hydrogen-bond acceptors (Lipinski definition) is 4. The van der Waals surface area contributed by atoms with Crippen LogP contribution in [0.25, 0.3) is 0 Å². The van der Waals surface area contributed by atoms with Gasteiger partial charge in [0.1, 0.15) is 0 Å². The van der Waals surface area contributed by atoms with Crippen LogP contribution < -0.4 is 11.1 Å². The van der Waals surface area contributed by atoms with Gasteiger partial charge in [0, 0.05) is 13.0 Å². The molecule has 0 heterocycles. The van der Waals surface area contributed by atoms with Crippen LogP contribution in [0.3, 0.4) is 0 Å². The van der Waals surface area contributed by atoms with Crippen molar-refractivity contribution in [1.82, 2.24) is 5.32 Å². The summed E-state index contributed by atoms with van der Waals surface area (Å²) in [6.45, 7) is 2.41. The zero-order valence-electron chi connectivity index (χ0n) is 11.8. The first-order valence-corrected chi connectivity index (χ1v) is 6.83. The van der Waals surface area contributed by atoms with Crippen molar-refractivity contribution in [1.29, 1.82) is 0 Å². The van der Waals surface area contributed by atoms with Crippen LogP contribution in [0.5, 0.6) is 0 Å². The highest BCUT2D eigenvalue weighted by Gasteiger charge is 2.17. The van der Waals surface area contributed by atoms with E-state index in [1.54, 1.807) is 0 Å². The summed E-state index contributed by atoms with van der Waals surface area (Å²) in [6, 6.07) is -1.05. The number of carbonyl (C=O) groups is 3. The minimum atomic E-state index is -1.11. The van der Waals surface area contributed by atoms with Crippen LogP contribution in [0.2, 0.25) is 0 Å². The van der Waals surface area contributed by atoms with Gasteiger partial charge in [0.15, 0.2) is 0 Å². The lowest BCUT2D eigenvalue weighted by atomic mass is 9.94. The first kappa shape index (κ1) is 18.4. The number of carboxylic acids is 2. The molecule has 0 aliphatic carbocycles. The Morgan fingerprint density at radius 2 is 1.75 bits per heavy atom. The molecule has 5 N–H and O–H groups in total. The topological polar surface area (TPSA) is 130 Å². The van der Waals surface area contributed by atoms with Gasteiger partial charge < -0.3 is 21.3 Å². The summed E-state index contributed by atoms with van der Waals surface area (Å²) in [4.78, 5) is 32.4. The van der Waals surface area contributed by atoms with Crippen LogP contribution in [0, 0.1) is 5.92 Å². The molecule has 116 valence electrons. The van der Waals surface area contributed by atoms with Crippen LogP contribution in [-0.4, -0.2) is 40.6 Å². The predicted molar refractivity (Wildman–Crippen MR) is 73.1 cm³/mol. The van der Waals surface area contributed by atoms with E-state index in [-0.39, 0.29) is 12.3 Å². The van der Waals surface area contributed by atoms with Crippen LogP contribution >= 0.6 is 0 Å². The highest BCUT2D eigenvalue weighted by Crippen LogP contribution is 2.17. The van der Waals surface area contributed by atoms with Crippen molar-refractivity contribution in [2.75, 3.05) is 6.54 Å². The predicted octanol–water partition coefficient (Wildman–Crippen LogP) is 0.576. The summed E-state index contributed by atoms with van der Waals surface area (Å²) in [5.74, 6) is -2.18. The molecule has 0 aromatic rings. The summed E-state index contributed by atoms with van der Waals surface area (Å²) < 4.78 is 0. The average molecular weight is 288 g/mol. The molecule has 0 bridgehead atoms. The Kier molecular flexibility index (Phi) is 9.36. The van der Waals surface area contributed by atoms with Crippen molar-refractivity contribution in [2.24, 2.45) is 11.7 Å². The van der Waals surface area contributed by atoms with Crippen molar-refractivity contribution in [3.8, 4) is 0 Å². The molecule has 0 aliphatic heterocycles. The van der Waals surface area contributed by atoms with E-state index < -0.39 is 30.3 Å². The Morgan fingerprint density at radius 1 is 1.10 bits per heavy atom. The van der Waals surface area contributed by atoms with E-state index in [1.807, 2.05) is 6.92 Å². The largest absolute Gasteiger partial charge is 0.481 e. The fourth-order valence-electron chi connectivity index (χ4n) is 1.98. The van der Waals surface area contributed by atoms with E-state index in [4.69, 9.17) is 15.9 Å². The fraction of sp³-hybridized carbons (Fsp3) is 0.769. The van der Waals surface area contributed by atoms with E-state index in [0.29, 0.717) is 19.4 Å². The molecule has 0 spiro atoms. The first-order valence-electron chi connectivity index (χ1n) is 6.83. The van der Waals surface area contributed by atoms with Gasteiger partial charge in [-0.15, -0.1) is 0 Å². The molecular formula is C13H24N2O5. The highest BCUT2D eigenvalue weighted by molar-refractivity contribution is 5.85. The number of rotatable bonds is 11. The number of carboxylic acid groups (broad SMARTS) is 2. The van der Waals surface area contributed by atoms with Gasteiger partial charge >= 0.3 is 11.9 Å². The van der Waals surface area contributed by atoms with Gasteiger partial charge in [-0.05, 0) is 18.8 Å². The molecule has 20 heavy (non-hydrogen) atoms. The molecule has 0 aromatic heterocycles. The van der Waals surface area contributed by atoms with E-state index in [1.165, 1.54) is 0 Å². The Hall–Kier alpha value is -1.63. The van der Waals surface area contributed by atoms with Gasteiger partial charge in [0.05, 0.1) is 12.5 Å². The number of aliphatic carboxylic acids is 2. The molecular weight excluding hydrogens is 264 g/mol. The zero-order chi connectivity index (χ0) is 15.5. The molecule has 2 unspecified atom stereocenters. The summed E-state index contributed by atoms with van der Waals surface area (Å²) >= 11 is 0. The maximum Gasteiger partial charge on any atom is 0.305 e. The van der Waals surface area contributed by atoms with Crippen LogP contribution in [0.15, 0.2) is 0 Å². The summed E-state index contributed by atoms with van der Waals surface area (Å²) in [6.07, 6.45) is 2.84. The molecule has 0 saturated carbocycles. The third-order valence-corrected chi connectivity index (χ3v) is 3.05. The molecule has 0 aliphatic rings. The lowest BCUT2D eigenvalue weighted by molar-refractivity contribution is -0.139. The molecule has 0 aromatic carbocycles. The van der Waals surface area contributed by atoms with Crippen LogP contribution in [0.1, 0.15) is 45.4 Å². The van der Waals surface area contributed by atoms with Crippen molar-refractivity contribution in [3.05, 3.63) is 0 Å². The molecule has 0 radical (unpaired) electrons. The second kappa shape index (κ2) is 10.2. The zero-order valence-corrected chi connectivity index (χ0v) is 11.8. The van der Waals surface area contributed by atoms with Gasteiger partial charge in [0.2, 0.25) is 5.91 Å². The smallest absolute Gasteiger partial charge is 0.305 e. The van der Waals surface area contributed by atoms with Crippen molar-refractivity contribution < 1.29 is 24.6 Å². The van der Waals surface area contributed by atoms with Crippen LogP contribution in [-0.2, 0) is 14.4 Å². The van der Waals surface area contributed by atoms with Gasteiger partial charge in [-0.3, -0.25) is 14.4 Å². The van der Waals surface area contributed by atoms with Crippen molar-refractivity contribution in [3.63, 3.8) is 0 Å². The van der Waals surface area contributed by atoms with E-state index in [2.05, 4.69) is 5.32 Å². The lowest BCUT2D eigenvalue weighted by Gasteiger charge is -2.16. The monoisotopic (exact) mass is 288 g/mol. The normalized spacial score (nSPS) is 13.5. The quantitative estimate of drug-likeness (QED) is 0.440. The fourth-order valence-corrected chi connectivity index (χ4v) is 1.98. The molecule has 0 rings (SSSR count). The van der Waals surface area contributed by atoms with E-state index >= 15 is 0 Å². The highest BCUT2D eigenvalue weighted by atomic mass is 16.4. The molecule has 1 amide bonds. The number of nitrogens with one attached hydrogen (secondary N) is 1. The van der Waals surface area contributed by atoms with E-state index in [9.17, 15) is 14.4 Å². The Labute approximate surface area is 118 Å². The molecule has 7 heteroatoms. The average Bonchev–Trinajstić information content (AvgIpc) is 2.34. The molecule has 7 nitrogen and oxygen atoms in total. The SMILES string of the molecule is CCCC(CCNC(=O)C(N)CC(=O)O)CCC(=O)O. The molecule has 0 saturated heterocycles. The Morgan fingerprint density at radius 3 is 2.25 bits per heavy atom. The van der Waals surface area contributed by atoms with Gasteiger partial charge in [-0.2, -0.15) is 0 Å². The second-order valence-corrected chi connectivity index (χ2v) is 4.87. The first-order chi connectivity index (χ1) is 9.36. The summed E-state index contributed by atoms with van der Waals surface area (Å²) in [5, 5.41) is 19.8. The minimum Gasteiger partial charge on any atom is -0.481 e. The number of carbonyl (C=O) groups excluding carboxylic acids is 1. The maximum atomic E-state index is 11.5. The Balaban J connectivity index is 4.00. The van der Waals surface area contributed by atoms with Gasteiger partial charge in [0.25, 0.3) is 0 Å². The number of amides is 1.